The Labute approximate surface area is 146 Å². The maximum Gasteiger partial charge on any atom is 0.258 e. The minimum absolute atomic E-state index is 0.0552. The van der Waals surface area contributed by atoms with Crippen molar-refractivity contribution < 1.29 is 9.53 Å². The van der Waals surface area contributed by atoms with E-state index >= 15 is 0 Å². The first-order valence-corrected chi connectivity index (χ1v) is 8.51. The van der Waals surface area contributed by atoms with E-state index in [1.54, 1.807) is 6.20 Å². The van der Waals surface area contributed by atoms with E-state index in [0.29, 0.717) is 5.88 Å². The summed E-state index contributed by atoms with van der Waals surface area (Å²) < 4.78 is 5.62. The van der Waals surface area contributed by atoms with E-state index in [4.69, 9.17) is 4.74 Å². The van der Waals surface area contributed by atoms with E-state index in [1.165, 1.54) is 11.1 Å². The van der Waals surface area contributed by atoms with Crippen LogP contribution in [0, 0.1) is 0 Å². The Morgan fingerprint density at radius 2 is 2.00 bits per heavy atom. The third kappa shape index (κ3) is 3.31. The SMILES string of the molecule is O=C(COc1nncc2ccccc12)NC1CCCc2ccccc21. The standard InChI is InChI=1S/C20H19N3O2/c24-19(22-18-11-5-8-14-6-1-3-9-16(14)18)13-25-20-17-10-4-2-7-15(17)12-21-23-20/h1-4,6-7,9-10,12,18H,5,8,11,13H2,(H,22,24). The van der Waals surface area contributed by atoms with Crippen molar-refractivity contribution in [1.82, 2.24) is 15.5 Å². The minimum Gasteiger partial charge on any atom is -0.466 e. The van der Waals surface area contributed by atoms with E-state index in [2.05, 4.69) is 27.6 Å². The number of nitrogens with one attached hydrogen (secondary N) is 1. The Morgan fingerprint density at radius 3 is 2.96 bits per heavy atom. The highest BCUT2D eigenvalue weighted by atomic mass is 16.5. The zero-order valence-corrected chi connectivity index (χ0v) is 13.8. The summed E-state index contributed by atoms with van der Waals surface area (Å²) in [5.74, 6) is 0.244. The monoisotopic (exact) mass is 333 g/mol. The van der Waals surface area contributed by atoms with Crippen LogP contribution in [-0.2, 0) is 11.2 Å². The lowest BCUT2D eigenvalue weighted by molar-refractivity contribution is -0.124. The molecule has 0 radical (unpaired) electrons. The predicted molar refractivity (Wildman–Crippen MR) is 95.3 cm³/mol. The Bertz CT molecular complexity index is 905. The van der Waals surface area contributed by atoms with Gasteiger partial charge >= 0.3 is 0 Å². The summed E-state index contributed by atoms with van der Waals surface area (Å²) in [6, 6.07) is 16.0. The fourth-order valence-corrected chi connectivity index (χ4v) is 3.38. The van der Waals surface area contributed by atoms with Crippen molar-refractivity contribution in [2.75, 3.05) is 6.61 Å². The summed E-state index contributed by atoms with van der Waals surface area (Å²) in [6.45, 7) is -0.0681. The second-order valence-electron chi connectivity index (χ2n) is 6.24. The fourth-order valence-electron chi connectivity index (χ4n) is 3.38. The summed E-state index contributed by atoms with van der Waals surface area (Å²) >= 11 is 0. The number of aryl methyl sites for hydroxylation is 1. The molecule has 0 fully saturated rings. The van der Waals surface area contributed by atoms with Gasteiger partial charge in [0.2, 0.25) is 5.88 Å². The maximum absolute atomic E-state index is 12.3. The molecule has 126 valence electrons. The van der Waals surface area contributed by atoms with Crippen molar-refractivity contribution in [1.29, 1.82) is 0 Å². The lowest BCUT2D eigenvalue weighted by Crippen LogP contribution is -2.34. The maximum atomic E-state index is 12.3. The molecule has 4 rings (SSSR count). The molecule has 1 unspecified atom stereocenters. The van der Waals surface area contributed by atoms with Gasteiger partial charge in [-0.3, -0.25) is 4.79 Å². The van der Waals surface area contributed by atoms with Crippen LogP contribution in [0.4, 0.5) is 0 Å². The van der Waals surface area contributed by atoms with Gasteiger partial charge in [0.25, 0.3) is 5.91 Å². The highest BCUT2D eigenvalue weighted by Gasteiger charge is 2.21. The molecule has 0 aliphatic heterocycles. The molecule has 2 aromatic carbocycles. The van der Waals surface area contributed by atoms with E-state index in [0.717, 1.165) is 30.0 Å². The molecular weight excluding hydrogens is 314 g/mol. The van der Waals surface area contributed by atoms with Gasteiger partial charge in [-0.25, -0.2) is 0 Å². The summed E-state index contributed by atoms with van der Waals surface area (Å²) in [4.78, 5) is 12.3. The van der Waals surface area contributed by atoms with Crippen LogP contribution in [0.1, 0.15) is 30.0 Å². The number of benzene rings is 2. The van der Waals surface area contributed by atoms with Crippen LogP contribution >= 0.6 is 0 Å². The first-order valence-electron chi connectivity index (χ1n) is 8.51. The quantitative estimate of drug-likeness (QED) is 0.796. The van der Waals surface area contributed by atoms with Crippen molar-refractivity contribution in [3.63, 3.8) is 0 Å². The highest BCUT2D eigenvalue weighted by molar-refractivity contribution is 5.86. The number of carbonyl (C=O) groups is 1. The average molecular weight is 333 g/mol. The summed E-state index contributed by atoms with van der Waals surface area (Å²) in [6.07, 6.45) is 4.79. The lowest BCUT2D eigenvalue weighted by Gasteiger charge is -2.26. The van der Waals surface area contributed by atoms with E-state index in [9.17, 15) is 4.79 Å². The van der Waals surface area contributed by atoms with Gasteiger partial charge in [-0.05, 0) is 36.5 Å². The molecule has 5 nitrogen and oxygen atoms in total. The van der Waals surface area contributed by atoms with Crippen molar-refractivity contribution in [3.05, 3.63) is 65.9 Å². The smallest absolute Gasteiger partial charge is 0.258 e. The molecule has 1 heterocycles. The molecule has 1 aliphatic carbocycles. The second-order valence-corrected chi connectivity index (χ2v) is 6.24. The van der Waals surface area contributed by atoms with E-state index < -0.39 is 0 Å². The van der Waals surface area contributed by atoms with E-state index in [1.807, 2.05) is 36.4 Å². The molecule has 25 heavy (non-hydrogen) atoms. The number of hydrogen-bond donors (Lipinski definition) is 1. The van der Waals surface area contributed by atoms with E-state index in [-0.39, 0.29) is 18.6 Å². The van der Waals surface area contributed by atoms with Crippen LogP contribution in [0.5, 0.6) is 5.88 Å². The normalized spacial score (nSPS) is 16.2. The zero-order chi connectivity index (χ0) is 17.1. The number of fused-ring (bicyclic) bond motifs is 2. The Morgan fingerprint density at radius 1 is 1.16 bits per heavy atom. The number of carbonyl (C=O) groups excluding carboxylic acids is 1. The third-order valence-electron chi connectivity index (χ3n) is 4.58. The largest absolute Gasteiger partial charge is 0.466 e. The van der Waals surface area contributed by atoms with Gasteiger partial charge in [-0.2, -0.15) is 5.10 Å². The van der Waals surface area contributed by atoms with Gasteiger partial charge in [-0.15, -0.1) is 5.10 Å². The van der Waals surface area contributed by atoms with Gasteiger partial charge in [-0.1, -0.05) is 42.5 Å². The summed E-state index contributed by atoms with van der Waals surface area (Å²) in [5, 5.41) is 12.8. The van der Waals surface area contributed by atoms with Gasteiger partial charge in [0.15, 0.2) is 6.61 Å². The van der Waals surface area contributed by atoms with Crippen molar-refractivity contribution in [2.24, 2.45) is 0 Å². The second kappa shape index (κ2) is 6.89. The van der Waals surface area contributed by atoms with Gasteiger partial charge < -0.3 is 10.1 Å². The molecular formula is C20H19N3O2. The Hall–Kier alpha value is -2.95. The van der Waals surface area contributed by atoms with Crippen LogP contribution in [0.2, 0.25) is 0 Å². The highest BCUT2D eigenvalue weighted by Crippen LogP contribution is 2.29. The van der Waals surface area contributed by atoms with Crippen LogP contribution < -0.4 is 10.1 Å². The van der Waals surface area contributed by atoms with Crippen LogP contribution in [-0.4, -0.2) is 22.7 Å². The molecule has 0 saturated heterocycles. The fraction of sp³-hybridized carbons (Fsp3) is 0.250. The Kier molecular flexibility index (Phi) is 4.29. The molecule has 1 atom stereocenters. The molecule has 0 bridgehead atoms. The number of ether oxygens (including phenoxy) is 1. The number of rotatable bonds is 4. The topological polar surface area (TPSA) is 64.1 Å². The first kappa shape index (κ1) is 15.6. The van der Waals surface area contributed by atoms with Crippen molar-refractivity contribution in [3.8, 4) is 5.88 Å². The van der Waals surface area contributed by atoms with Crippen LogP contribution in [0.25, 0.3) is 10.8 Å². The molecule has 3 aromatic rings. The summed E-state index contributed by atoms with van der Waals surface area (Å²) in [7, 11) is 0. The third-order valence-corrected chi connectivity index (χ3v) is 4.58. The zero-order valence-electron chi connectivity index (χ0n) is 13.8. The predicted octanol–water partition coefficient (Wildman–Crippen LogP) is 3.20. The Balaban J connectivity index is 1.43. The van der Waals surface area contributed by atoms with Crippen molar-refractivity contribution >= 4 is 16.7 Å². The number of aromatic nitrogens is 2. The molecule has 1 N–H and O–H groups in total. The molecule has 1 aromatic heterocycles. The molecule has 0 spiro atoms. The van der Waals surface area contributed by atoms with Crippen molar-refractivity contribution in [2.45, 2.75) is 25.3 Å². The molecule has 0 saturated carbocycles. The number of amides is 1. The summed E-state index contributed by atoms with van der Waals surface area (Å²) in [5.41, 5.74) is 2.53. The van der Waals surface area contributed by atoms with Gasteiger partial charge in [0, 0.05) is 10.8 Å². The molecule has 5 heteroatoms. The van der Waals surface area contributed by atoms with Crippen LogP contribution in [0.3, 0.4) is 0 Å². The number of hydrogen-bond acceptors (Lipinski definition) is 4. The number of nitrogens with zero attached hydrogens (tertiary/aromatic N) is 2. The minimum atomic E-state index is -0.142. The van der Waals surface area contributed by atoms with Gasteiger partial charge in [0.05, 0.1) is 12.2 Å². The molecule has 1 aliphatic rings. The molecule has 1 amide bonds. The van der Waals surface area contributed by atoms with Crippen LogP contribution in [0.15, 0.2) is 54.7 Å². The lowest BCUT2D eigenvalue weighted by atomic mass is 9.88. The van der Waals surface area contributed by atoms with Gasteiger partial charge in [0.1, 0.15) is 0 Å². The average Bonchev–Trinajstić information content (AvgIpc) is 2.66. The first-order chi connectivity index (χ1) is 12.3.